The number of phosphoric ester groups is 1. The van der Waals surface area contributed by atoms with E-state index in [4.69, 9.17) is 31.9 Å². The molecule has 1 unspecified atom stereocenters. The summed E-state index contributed by atoms with van der Waals surface area (Å²) in [5.41, 5.74) is 1.42. The van der Waals surface area contributed by atoms with Crippen LogP contribution in [-0.4, -0.2) is 91.9 Å². The van der Waals surface area contributed by atoms with Crippen LogP contribution in [0.1, 0.15) is 36.2 Å². The summed E-state index contributed by atoms with van der Waals surface area (Å²) in [6, 6.07) is 6.79. The quantitative estimate of drug-likeness (QED) is 0.267. The number of rotatable bonds is 8. The second-order valence-electron chi connectivity index (χ2n) is 9.32. The molecule has 5 heterocycles. The number of nitrogens with zero attached hydrogens (tertiary/aromatic N) is 2. The van der Waals surface area contributed by atoms with Crippen molar-refractivity contribution in [1.29, 1.82) is 0 Å². The second-order valence-corrected chi connectivity index (χ2v) is 12.6. The highest BCUT2D eigenvalue weighted by molar-refractivity contribution is 7.55. The molecule has 5 N–H and O–H groups in total. The van der Waals surface area contributed by atoms with E-state index in [1.54, 1.807) is 49.1 Å². The van der Waals surface area contributed by atoms with Crippen LogP contribution in [0, 0.1) is 0 Å². The standard InChI is InChI=1S/C23H31N2O13P2/c26-16(13-34-39(30)32-11-5-17(36-39)14-1-7-24-8-2-14)22-20(28)19(27)21(29)23(35-22)38-40(31)33-12-6-18(37-40)15-3-9-25-10-4-15/h1-4,7-10,16-23,26-29,31H,5-6,11-13H2/q+1/t16-,17+,18-,19+,20+,21+,22-,23-,39-,40?/m1/s1. The highest BCUT2D eigenvalue weighted by Gasteiger charge is 2.58. The molecule has 5 rings (SSSR count). The van der Waals surface area contributed by atoms with Crippen LogP contribution >= 0.6 is 16.0 Å². The molecule has 3 saturated heterocycles. The Labute approximate surface area is 229 Å². The van der Waals surface area contributed by atoms with Crippen molar-refractivity contribution < 1.29 is 61.8 Å². The van der Waals surface area contributed by atoms with Crippen molar-refractivity contribution in [3.8, 4) is 0 Å². The lowest BCUT2D eigenvalue weighted by Crippen LogP contribution is -2.61. The molecule has 10 atom stereocenters. The van der Waals surface area contributed by atoms with Gasteiger partial charge >= 0.3 is 16.0 Å². The van der Waals surface area contributed by atoms with Gasteiger partial charge in [-0.05, 0) is 35.4 Å². The molecule has 40 heavy (non-hydrogen) atoms. The van der Waals surface area contributed by atoms with E-state index >= 15 is 0 Å². The number of hydrogen-bond donors (Lipinski definition) is 5. The zero-order chi connectivity index (χ0) is 28.3. The van der Waals surface area contributed by atoms with Crippen molar-refractivity contribution in [2.24, 2.45) is 0 Å². The van der Waals surface area contributed by atoms with Gasteiger partial charge in [0.2, 0.25) is 6.29 Å². The summed E-state index contributed by atoms with van der Waals surface area (Å²) in [7, 11) is -8.20. The predicted octanol–water partition coefficient (Wildman–Crippen LogP) is 1.11. The van der Waals surface area contributed by atoms with Crippen LogP contribution in [0.2, 0.25) is 0 Å². The molecule has 0 aliphatic carbocycles. The first kappa shape index (κ1) is 30.0. The molecule has 17 heteroatoms. The fourth-order valence-corrected chi connectivity index (χ4v) is 7.33. The Morgan fingerprint density at radius 2 is 1.57 bits per heavy atom. The number of hydrogen-bond acceptors (Lipinski definition) is 15. The summed E-state index contributed by atoms with van der Waals surface area (Å²) in [6.45, 7) is -0.582. The van der Waals surface area contributed by atoms with Crippen molar-refractivity contribution in [1.82, 2.24) is 9.97 Å². The molecule has 0 bridgehead atoms. The van der Waals surface area contributed by atoms with Gasteiger partial charge in [-0.15, -0.1) is 9.05 Å². The lowest BCUT2D eigenvalue weighted by molar-refractivity contribution is -0.296. The van der Waals surface area contributed by atoms with Crippen LogP contribution in [0.5, 0.6) is 0 Å². The molecular weight excluding hydrogens is 574 g/mol. The van der Waals surface area contributed by atoms with Gasteiger partial charge < -0.3 is 25.2 Å². The van der Waals surface area contributed by atoms with Crippen molar-refractivity contribution in [3.05, 3.63) is 60.2 Å². The van der Waals surface area contributed by atoms with Gasteiger partial charge in [0.25, 0.3) is 0 Å². The third-order valence-corrected chi connectivity index (χ3v) is 9.54. The van der Waals surface area contributed by atoms with Crippen LogP contribution < -0.4 is 0 Å². The van der Waals surface area contributed by atoms with Crippen molar-refractivity contribution in [2.45, 2.75) is 61.9 Å². The van der Waals surface area contributed by atoms with Gasteiger partial charge in [-0.25, -0.2) is 4.57 Å². The Kier molecular flexibility index (Phi) is 9.57. The van der Waals surface area contributed by atoms with E-state index in [-0.39, 0.29) is 13.2 Å². The van der Waals surface area contributed by atoms with Crippen LogP contribution in [0.25, 0.3) is 0 Å². The first-order valence-corrected chi connectivity index (χ1v) is 15.5. The molecule has 2 aromatic rings. The van der Waals surface area contributed by atoms with Crippen molar-refractivity contribution in [2.75, 3.05) is 19.8 Å². The van der Waals surface area contributed by atoms with Crippen molar-refractivity contribution >= 4 is 16.0 Å². The monoisotopic (exact) mass is 605 g/mol. The zero-order valence-corrected chi connectivity index (χ0v) is 22.9. The summed E-state index contributed by atoms with van der Waals surface area (Å²) in [5, 5.41) is 42.1. The topological polar surface area (TPSA) is 209 Å². The normalized spacial score (nSPS) is 39.5. The summed E-state index contributed by atoms with van der Waals surface area (Å²) in [6.07, 6.45) is -4.75. The fraction of sp³-hybridized carbons (Fsp3) is 0.565. The Morgan fingerprint density at radius 3 is 2.25 bits per heavy atom. The summed E-state index contributed by atoms with van der Waals surface area (Å²) in [4.78, 5) is 18.8. The number of ether oxygens (including phenoxy) is 1. The Balaban J connectivity index is 1.21. The summed E-state index contributed by atoms with van der Waals surface area (Å²) in [5.74, 6) is 0. The lowest BCUT2D eigenvalue weighted by atomic mass is 9.96. The van der Waals surface area contributed by atoms with E-state index < -0.39 is 71.6 Å². The SMILES string of the molecule is O=[P@]1(OC[C@@H](O)[C@H]2O[C@H](O[P+]3(O)OCC[C@H](c4ccncc4)O3)[C@@H](O)[C@@H](O)[C@@H]2O)OCC[C@@H](c2ccncc2)O1. The summed E-state index contributed by atoms with van der Waals surface area (Å²) >= 11 is 0. The van der Waals surface area contributed by atoms with E-state index in [0.29, 0.717) is 24.0 Å². The Bertz CT molecular complexity index is 1150. The van der Waals surface area contributed by atoms with Gasteiger partial charge in [0.05, 0.1) is 19.3 Å². The van der Waals surface area contributed by atoms with Gasteiger partial charge in [-0.2, -0.15) is 9.42 Å². The number of aliphatic hydroxyl groups excluding tert-OH is 4. The largest absolute Gasteiger partial charge is 0.576 e. The Hall–Kier alpha value is -1.52. The number of aromatic nitrogens is 2. The molecular formula is C23H31N2O13P2+. The van der Waals surface area contributed by atoms with E-state index in [2.05, 4.69) is 9.97 Å². The van der Waals surface area contributed by atoms with Crippen LogP contribution in [0.15, 0.2) is 49.1 Å². The molecule has 3 aliphatic rings. The molecule has 0 saturated carbocycles. The van der Waals surface area contributed by atoms with Gasteiger partial charge in [-0.1, -0.05) is 0 Å². The highest BCUT2D eigenvalue weighted by atomic mass is 31.2. The predicted molar refractivity (Wildman–Crippen MR) is 134 cm³/mol. The minimum Gasteiger partial charge on any atom is -0.388 e. The third kappa shape index (κ3) is 6.92. The average molecular weight is 605 g/mol. The Morgan fingerprint density at radius 1 is 0.950 bits per heavy atom. The fourth-order valence-electron chi connectivity index (χ4n) is 4.44. The third-order valence-electron chi connectivity index (χ3n) is 6.56. The maximum absolute atomic E-state index is 13.0. The molecule has 0 radical (unpaired) electrons. The zero-order valence-electron chi connectivity index (χ0n) is 21.1. The number of phosphoric acid groups is 1. The first-order chi connectivity index (χ1) is 19.2. The van der Waals surface area contributed by atoms with Gasteiger partial charge in [0, 0.05) is 37.6 Å². The van der Waals surface area contributed by atoms with E-state index in [1.807, 2.05) is 0 Å². The van der Waals surface area contributed by atoms with Gasteiger partial charge in [0.1, 0.15) is 43.2 Å². The van der Waals surface area contributed by atoms with Gasteiger partial charge in [-0.3, -0.25) is 23.5 Å². The smallest absolute Gasteiger partial charge is 0.388 e. The molecule has 0 amide bonds. The lowest BCUT2D eigenvalue weighted by Gasteiger charge is -2.41. The molecule has 3 fully saturated rings. The first-order valence-electron chi connectivity index (χ1n) is 12.5. The van der Waals surface area contributed by atoms with Crippen LogP contribution in [0.4, 0.5) is 0 Å². The minimum atomic E-state index is -4.12. The highest BCUT2D eigenvalue weighted by Crippen LogP contribution is 2.65. The summed E-state index contributed by atoms with van der Waals surface area (Å²) < 4.78 is 51.0. The molecule has 3 aliphatic heterocycles. The van der Waals surface area contributed by atoms with Gasteiger partial charge in [0.15, 0.2) is 0 Å². The molecule has 0 aromatic carbocycles. The maximum atomic E-state index is 13.0. The van der Waals surface area contributed by atoms with E-state index in [1.165, 1.54) is 0 Å². The molecule has 0 spiro atoms. The second kappa shape index (κ2) is 12.8. The van der Waals surface area contributed by atoms with Crippen molar-refractivity contribution in [3.63, 3.8) is 0 Å². The minimum absolute atomic E-state index is 0.0565. The van der Waals surface area contributed by atoms with E-state index in [9.17, 15) is 29.9 Å². The van der Waals surface area contributed by atoms with Crippen LogP contribution in [0.3, 0.4) is 0 Å². The number of pyridine rings is 2. The molecule has 15 nitrogen and oxygen atoms in total. The maximum Gasteiger partial charge on any atom is 0.576 e. The molecule has 220 valence electrons. The average Bonchev–Trinajstić information content (AvgIpc) is 2.97. The van der Waals surface area contributed by atoms with E-state index in [0.717, 1.165) is 0 Å². The number of aliphatic hydroxyl groups is 4. The molecule has 2 aromatic heterocycles. The van der Waals surface area contributed by atoms with Crippen LogP contribution in [-0.2, 0) is 36.4 Å².